The van der Waals surface area contributed by atoms with Crippen molar-refractivity contribution in [3.8, 4) is 28.3 Å². The molecule has 0 aliphatic rings. The van der Waals surface area contributed by atoms with Crippen molar-refractivity contribution in [2.45, 2.75) is 31.3 Å². The molecule has 1 heterocycles. The molecular formula is C29H30N2O3S. The van der Waals surface area contributed by atoms with Crippen LogP contribution in [0.25, 0.3) is 22.5 Å². The van der Waals surface area contributed by atoms with Gasteiger partial charge in [-0.3, -0.25) is 0 Å². The van der Waals surface area contributed by atoms with Gasteiger partial charge in [-0.2, -0.15) is 0 Å². The minimum atomic E-state index is -0.306. The van der Waals surface area contributed by atoms with E-state index in [0.717, 1.165) is 58.4 Å². The molecule has 0 bridgehead atoms. The van der Waals surface area contributed by atoms with Crippen LogP contribution in [0.1, 0.15) is 36.5 Å². The van der Waals surface area contributed by atoms with Gasteiger partial charge in [-0.1, -0.05) is 72.4 Å². The van der Waals surface area contributed by atoms with Gasteiger partial charge in [-0.15, -0.1) is 0 Å². The highest BCUT2D eigenvalue weighted by atomic mass is 32.2. The number of hydrogen-bond donors (Lipinski definition) is 1. The van der Waals surface area contributed by atoms with Gasteiger partial charge in [0.05, 0.1) is 30.2 Å². The lowest BCUT2D eigenvalue weighted by Crippen LogP contribution is -2.04. The van der Waals surface area contributed by atoms with Crippen molar-refractivity contribution in [2.24, 2.45) is 0 Å². The Bertz CT molecular complexity index is 1130. The molecule has 6 heteroatoms. The summed E-state index contributed by atoms with van der Waals surface area (Å²) in [5.74, 6) is 1.45. The number of H-pyrrole nitrogens is 1. The number of carbonyl (C=O) groups excluding carboxylic acids is 1. The number of ether oxygens (including phenoxy) is 2. The first-order valence-corrected chi connectivity index (χ1v) is 13.0. The highest BCUT2D eigenvalue weighted by molar-refractivity contribution is 7.99. The number of benzene rings is 3. The van der Waals surface area contributed by atoms with Crippen molar-refractivity contribution in [3.05, 3.63) is 90.5 Å². The molecule has 1 N–H and O–H groups in total. The highest BCUT2D eigenvalue weighted by Gasteiger charge is 2.14. The summed E-state index contributed by atoms with van der Waals surface area (Å²) in [7, 11) is 0. The van der Waals surface area contributed by atoms with E-state index in [1.54, 1.807) is 30.8 Å². The second kappa shape index (κ2) is 12.8. The number of aromatic nitrogens is 2. The van der Waals surface area contributed by atoms with Crippen molar-refractivity contribution in [2.75, 3.05) is 19.0 Å². The SMILES string of the molecule is CCOC(=O)c1ccc(OCCCCCSc2nc(-c3ccccc3)c(-c3ccccc3)[nH]2)cc1. The van der Waals surface area contributed by atoms with Crippen LogP contribution in [-0.4, -0.2) is 34.9 Å². The molecule has 0 spiro atoms. The molecule has 4 aromatic rings. The maximum Gasteiger partial charge on any atom is 0.338 e. The Balaban J connectivity index is 1.23. The van der Waals surface area contributed by atoms with Crippen LogP contribution in [0.15, 0.2) is 90.1 Å². The van der Waals surface area contributed by atoms with Crippen LogP contribution in [0, 0.1) is 0 Å². The summed E-state index contributed by atoms with van der Waals surface area (Å²) in [5.41, 5.74) is 4.84. The van der Waals surface area contributed by atoms with E-state index in [0.29, 0.717) is 18.8 Å². The maximum atomic E-state index is 11.7. The number of aromatic amines is 1. The number of esters is 1. The van der Waals surface area contributed by atoms with Crippen LogP contribution in [0.4, 0.5) is 0 Å². The number of nitrogens with zero attached hydrogens (tertiary/aromatic N) is 1. The summed E-state index contributed by atoms with van der Waals surface area (Å²) in [5, 5.41) is 0.945. The average molecular weight is 487 g/mol. The third-order valence-corrected chi connectivity index (χ3v) is 6.41. The zero-order valence-electron chi connectivity index (χ0n) is 19.9. The Labute approximate surface area is 210 Å². The number of rotatable bonds is 12. The molecule has 0 saturated carbocycles. The number of unbranched alkanes of at least 4 members (excludes halogenated alkanes) is 2. The van der Waals surface area contributed by atoms with Crippen molar-refractivity contribution in [1.82, 2.24) is 9.97 Å². The number of imidazole rings is 1. The van der Waals surface area contributed by atoms with E-state index in [1.165, 1.54) is 0 Å². The maximum absolute atomic E-state index is 11.7. The highest BCUT2D eigenvalue weighted by Crippen LogP contribution is 2.32. The van der Waals surface area contributed by atoms with Gasteiger partial charge in [0.25, 0.3) is 0 Å². The van der Waals surface area contributed by atoms with Gasteiger partial charge in [-0.05, 0) is 50.5 Å². The molecule has 5 nitrogen and oxygen atoms in total. The second-order valence-corrected chi connectivity index (χ2v) is 9.08. The lowest BCUT2D eigenvalue weighted by atomic mass is 10.1. The lowest BCUT2D eigenvalue weighted by Gasteiger charge is -2.07. The molecule has 0 amide bonds. The average Bonchev–Trinajstić information content (AvgIpc) is 3.34. The number of carbonyl (C=O) groups is 1. The van der Waals surface area contributed by atoms with E-state index >= 15 is 0 Å². The van der Waals surface area contributed by atoms with Crippen molar-refractivity contribution in [1.29, 1.82) is 0 Å². The molecule has 1 aromatic heterocycles. The molecule has 0 aliphatic heterocycles. The summed E-state index contributed by atoms with van der Waals surface area (Å²) < 4.78 is 10.8. The fourth-order valence-corrected chi connectivity index (χ4v) is 4.55. The van der Waals surface area contributed by atoms with Crippen molar-refractivity contribution < 1.29 is 14.3 Å². The Morgan fingerprint density at radius 3 is 2.23 bits per heavy atom. The number of hydrogen-bond acceptors (Lipinski definition) is 5. The predicted octanol–water partition coefficient (Wildman–Crippen LogP) is 7.26. The van der Waals surface area contributed by atoms with Crippen LogP contribution in [0.3, 0.4) is 0 Å². The Hall–Kier alpha value is -3.51. The van der Waals surface area contributed by atoms with E-state index in [1.807, 2.05) is 36.4 Å². The normalized spacial score (nSPS) is 10.8. The molecule has 0 atom stereocenters. The third-order valence-electron chi connectivity index (χ3n) is 5.45. The topological polar surface area (TPSA) is 64.2 Å². The molecule has 0 fully saturated rings. The second-order valence-electron chi connectivity index (χ2n) is 8.00. The minimum absolute atomic E-state index is 0.306. The minimum Gasteiger partial charge on any atom is -0.494 e. The predicted molar refractivity (Wildman–Crippen MR) is 142 cm³/mol. The van der Waals surface area contributed by atoms with Gasteiger partial charge in [0.2, 0.25) is 0 Å². The quantitative estimate of drug-likeness (QED) is 0.130. The summed E-state index contributed by atoms with van der Waals surface area (Å²) in [6.45, 7) is 2.82. The fraction of sp³-hybridized carbons (Fsp3) is 0.241. The van der Waals surface area contributed by atoms with E-state index < -0.39 is 0 Å². The Morgan fingerprint density at radius 2 is 1.54 bits per heavy atom. The van der Waals surface area contributed by atoms with Gasteiger partial charge in [-0.25, -0.2) is 9.78 Å². The molecule has 0 radical (unpaired) electrons. The lowest BCUT2D eigenvalue weighted by molar-refractivity contribution is 0.0526. The summed E-state index contributed by atoms with van der Waals surface area (Å²) in [6.07, 6.45) is 3.13. The van der Waals surface area contributed by atoms with Crippen LogP contribution < -0.4 is 4.74 Å². The summed E-state index contributed by atoms with van der Waals surface area (Å²) in [4.78, 5) is 20.2. The molecular weight excluding hydrogens is 456 g/mol. The van der Waals surface area contributed by atoms with Gasteiger partial charge in [0.15, 0.2) is 5.16 Å². The van der Waals surface area contributed by atoms with E-state index in [9.17, 15) is 4.79 Å². The van der Waals surface area contributed by atoms with Crippen molar-refractivity contribution in [3.63, 3.8) is 0 Å². The van der Waals surface area contributed by atoms with Crippen LogP contribution >= 0.6 is 11.8 Å². The smallest absolute Gasteiger partial charge is 0.338 e. The molecule has 0 unspecified atom stereocenters. The first-order valence-electron chi connectivity index (χ1n) is 12.0. The van der Waals surface area contributed by atoms with Crippen LogP contribution in [0.2, 0.25) is 0 Å². The molecule has 0 saturated heterocycles. The molecule has 35 heavy (non-hydrogen) atoms. The van der Waals surface area contributed by atoms with Gasteiger partial charge >= 0.3 is 5.97 Å². The largest absolute Gasteiger partial charge is 0.494 e. The standard InChI is InChI=1S/C29H30N2O3S/c1-2-33-28(32)24-16-18-25(19-17-24)34-20-10-5-11-21-35-29-30-26(22-12-6-3-7-13-22)27(31-29)23-14-8-4-9-15-23/h3-4,6-9,12-19H,2,5,10-11,20-21H2,1H3,(H,30,31). The van der Waals surface area contributed by atoms with Crippen molar-refractivity contribution >= 4 is 17.7 Å². The Kier molecular flexibility index (Phi) is 9.01. The summed E-state index contributed by atoms with van der Waals surface area (Å²) in [6, 6.07) is 27.8. The van der Waals surface area contributed by atoms with Gasteiger partial charge < -0.3 is 14.5 Å². The molecule has 0 aliphatic carbocycles. The third kappa shape index (κ3) is 6.99. The Morgan fingerprint density at radius 1 is 0.857 bits per heavy atom. The summed E-state index contributed by atoms with van der Waals surface area (Å²) >= 11 is 1.76. The zero-order valence-corrected chi connectivity index (χ0v) is 20.7. The van der Waals surface area contributed by atoms with Gasteiger partial charge in [0.1, 0.15) is 5.75 Å². The number of nitrogens with one attached hydrogen (secondary N) is 1. The van der Waals surface area contributed by atoms with Crippen LogP contribution in [-0.2, 0) is 4.74 Å². The fourth-order valence-electron chi connectivity index (χ4n) is 3.68. The molecule has 3 aromatic carbocycles. The van der Waals surface area contributed by atoms with Gasteiger partial charge in [0, 0.05) is 16.9 Å². The first kappa shape index (κ1) is 24.6. The van der Waals surface area contributed by atoms with E-state index in [2.05, 4.69) is 41.4 Å². The monoisotopic (exact) mass is 486 g/mol. The molecule has 4 rings (SSSR count). The molecule has 180 valence electrons. The zero-order chi connectivity index (χ0) is 24.3. The van der Waals surface area contributed by atoms with Crippen LogP contribution in [0.5, 0.6) is 5.75 Å². The van der Waals surface area contributed by atoms with E-state index in [-0.39, 0.29) is 5.97 Å². The number of thioether (sulfide) groups is 1. The first-order chi connectivity index (χ1) is 17.2. The van der Waals surface area contributed by atoms with E-state index in [4.69, 9.17) is 14.5 Å².